The molecule has 0 aliphatic heterocycles. The van der Waals surface area contributed by atoms with Gasteiger partial charge in [0, 0.05) is 42.6 Å². The average molecular weight is 726 g/mol. The fraction of sp³-hybridized carbons (Fsp3) is 0.0571. The van der Waals surface area contributed by atoms with Gasteiger partial charge in [0.25, 0.3) is 11.4 Å². The van der Waals surface area contributed by atoms with Crippen LogP contribution in [-0.4, -0.2) is 68.6 Å². The Morgan fingerprint density at radius 3 is 1.15 bits per heavy atom. The van der Waals surface area contributed by atoms with Crippen LogP contribution in [0.3, 0.4) is 0 Å². The molecule has 0 bridgehead atoms. The van der Waals surface area contributed by atoms with E-state index in [0.717, 1.165) is 11.3 Å². The molecule has 9 rings (SSSR count). The molecule has 9 aromatic heterocycles. The van der Waals surface area contributed by atoms with Crippen molar-refractivity contribution in [3.8, 4) is 34.6 Å². The van der Waals surface area contributed by atoms with Crippen molar-refractivity contribution in [2.45, 2.75) is 14.9 Å². The zero-order valence-corrected chi connectivity index (χ0v) is 26.6. The zero-order chi connectivity index (χ0) is 36.0. The van der Waals surface area contributed by atoms with Crippen LogP contribution in [0.25, 0.3) is 51.5 Å². The second kappa shape index (κ2) is 16.3. The summed E-state index contributed by atoms with van der Waals surface area (Å²) in [6.07, 6.45) is 9.56. The number of nitrogens with two attached hydrogens (primary N) is 1. The van der Waals surface area contributed by atoms with Gasteiger partial charge in [0.2, 0.25) is 0 Å². The number of nitro groups is 2. The number of nitrogen functional groups attached to an aromatic ring is 1. The standard InChI is InChI=1S/2C11H7N5O2.C11H9N5.2CH4/c2*17-16(18)8-4-5-10-13-14-11(15(10)7-8)9-3-1-2-6-12-9;12-8-4-5-10-14-15-11(16(10)7-8)9-3-1-2-6-13-9;;/h2*1-7H;1-7H,12H2;2*1H4. The van der Waals surface area contributed by atoms with Crippen LogP contribution in [0.4, 0.5) is 17.1 Å². The van der Waals surface area contributed by atoms with Crippen LogP contribution < -0.4 is 5.73 Å². The van der Waals surface area contributed by atoms with Crippen LogP contribution in [0.15, 0.2) is 128 Å². The van der Waals surface area contributed by atoms with Crippen molar-refractivity contribution in [3.05, 3.63) is 148 Å². The van der Waals surface area contributed by atoms with Crippen LogP contribution in [0.2, 0.25) is 0 Å². The van der Waals surface area contributed by atoms with Gasteiger partial charge < -0.3 is 5.73 Å². The summed E-state index contributed by atoms with van der Waals surface area (Å²) in [6, 6.07) is 25.9. The molecule has 0 aromatic carbocycles. The lowest BCUT2D eigenvalue weighted by Crippen LogP contribution is -1.94. The van der Waals surface area contributed by atoms with Crippen molar-refractivity contribution >= 4 is 34.0 Å². The highest BCUT2D eigenvalue weighted by molar-refractivity contribution is 5.59. The molecule has 0 saturated heterocycles. The molecule has 0 aliphatic rings. The molecule has 0 radical (unpaired) electrons. The minimum absolute atomic E-state index is 0. The first kappa shape index (κ1) is 37.2. The summed E-state index contributed by atoms with van der Waals surface area (Å²) in [5, 5.41) is 45.5. The summed E-state index contributed by atoms with van der Waals surface area (Å²) < 4.78 is 4.94. The Kier molecular flexibility index (Phi) is 11.2. The molecule has 19 nitrogen and oxygen atoms in total. The molecule has 0 spiro atoms. The van der Waals surface area contributed by atoms with Gasteiger partial charge in [0.1, 0.15) is 17.1 Å². The monoisotopic (exact) mass is 725 g/mol. The predicted molar refractivity (Wildman–Crippen MR) is 200 cm³/mol. The smallest absolute Gasteiger partial charge is 0.286 e. The van der Waals surface area contributed by atoms with Crippen molar-refractivity contribution in [3.63, 3.8) is 0 Å². The maximum atomic E-state index is 10.8. The molecule has 0 amide bonds. The molecule has 19 heteroatoms. The summed E-state index contributed by atoms with van der Waals surface area (Å²) in [4.78, 5) is 33.1. The first-order chi connectivity index (χ1) is 25.4. The number of fused-ring (bicyclic) bond motifs is 3. The lowest BCUT2D eigenvalue weighted by molar-refractivity contribution is -0.385. The number of rotatable bonds is 5. The van der Waals surface area contributed by atoms with Gasteiger partial charge in [0.15, 0.2) is 34.4 Å². The van der Waals surface area contributed by atoms with Crippen molar-refractivity contribution < 1.29 is 9.85 Å². The molecule has 2 N–H and O–H groups in total. The Balaban J connectivity index is 0.000000153. The maximum absolute atomic E-state index is 10.8. The molecular formula is C35H31N15O4. The molecule has 0 fully saturated rings. The van der Waals surface area contributed by atoms with Crippen molar-refractivity contribution in [2.75, 3.05) is 5.73 Å². The lowest BCUT2D eigenvalue weighted by Gasteiger charge is -1.99. The first-order valence-corrected chi connectivity index (χ1v) is 15.2. The first-order valence-electron chi connectivity index (χ1n) is 15.2. The number of hydrogen-bond acceptors (Lipinski definition) is 14. The summed E-state index contributed by atoms with van der Waals surface area (Å²) in [7, 11) is 0. The highest BCUT2D eigenvalue weighted by atomic mass is 16.6. The number of hydrogen-bond donors (Lipinski definition) is 1. The van der Waals surface area contributed by atoms with E-state index in [4.69, 9.17) is 5.73 Å². The van der Waals surface area contributed by atoms with Gasteiger partial charge >= 0.3 is 0 Å². The normalized spacial score (nSPS) is 10.3. The van der Waals surface area contributed by atoms with Gasteiger partial charge in [-0.05, 0) is 60.7 Å². The molecule has 0 unspecified atom stereocenters. The minimum atomic E-state index is -0.457. The molecule has 9 aromatic rings. The van der Waals surface area contributed by atoms with Gasteiger partial charge in [0.05, 0.1) is 22.2 Å². The highest BCUT2D eigenvalue weighted by Gasteiger charge is 2.14. The largest absolute Gasteiger partial charge is 0.398 e. The van der Waals surface area contributed by atoms with Crippen molar-refractivity contribution in [1.29, 1.82) is 0 Å². The highest BCUT2D eigenvalue weighted by Crippen LogP contribution is 2.21. The fourth-order valence-electron chi connectivity index (χ4n) is 4.89. The third-order valence-electron chi connectivity index (χ3n) is 7.30. The zero-order valence-electron chi connectivity index (χ0n) is 26.6. The summed E-state index contributed by atoms with van der Waals surface area (Å²) in [5.41, 5.74) is 10.2. The minimum Gasteiger partial charge on any atom is -0.398 e. The van der Waals surface area contributed by atoms with Crippen LogP contribution in [0, 0.1) is 20.2 Å². The van der Waals surface area contributed by atoms with Crippen LogP contribution in [0.5, 0.6) is 0 Å². The Morgan fingerprint density at radius 1 is 0.463 bits per heavy atom. The van der Waals surface area contributed by atoms with Gasteiger partial charge in [-0.3, -0.25) is 48.4 Å². The Morgan fingerprint density at radius 2 is 0.815 bits per heavy atom. The van der Waals surface area contributed by atoms with E-state index in [-0.39, 0.29) is 26.2 Å². The van der Waals surface area contributed by atoms with Gasteiger partial charge in [-0.2, -0.15) is 0 Å². The number of aromatic nitrogens is 12. The Hall–Kier alpha value is -8.09. The van der Waals surface area contributed by atoms with Crippen LogP contribution >= 0.6 is 0 Å². The SMILES string of the molecule is C.C.Nc1ccc2nnc(-c3ccccn3)n2c1.O=[N+]([O-])c1ccc2nnc(-c3ccccn3)n2c1.O=[N+]([O-])c1ccc2nnc(-c3ccccn3)n2c1. The topological polar surface area (TPSA) is 242 Å². The average Bonchev–Trinajstić information content (AvgIpc) is 3.93. The van der Waals surface area contributed by atoms with Gasteiger partial charge in [-0.1, -0.05) is 33.1 Å². The van der Waals surface area contributed by atoms with Crippen molar-refractivity contribution in [1.82, 2.24) is 58.7 Å². The van der Waals surface area contributed by atoms with Crippen LogP contribution in [-0.2, 0) is 0 Å². The van der Waals surface area contributed by atoms with E-state index in [1.807, 2.05) is 40.8 Å². The van der Waals surface area contributed by atoms with E-state index in [9.17, 15) is 20.2 Å². The quantitative estimate of drug-likeness (QED) is 0.157. The van der Waals surface area contributed by atoms with Gasteiger partial charge in [-0.25, -0.2) is 0 Å². The van der Waals surface area contributed by atoms with Crippen LogP contribution in [0.1, 0.15) is 14.9 Å². The molecular weight excluding hydrogens is 694 g/mol. The molecule has 54 heavy (non-hydrogen) atoms. The van der Waals surface area contributed by atoms with E-state index >= 15 is 0 Å². The maximum Gasteiger partial charge on any atom is 0.286 e. The predicted octanol–water partition coefficient (Wildman–Crippen LogP) is 6.04. The van der Waals surface area contributed by atoms with E-state index in [1.54, 1.807) is 76.1 Å². The van der Waals surface area contributed by atoms with E-state index in [2.05, 4.69) is 45.5 Å². The number of anilines is 1. The number of pyridine rings is 6. The van der Waals surface area contributed by atoms with E-state index < -0.39 is 9.85 Å². The van der Waals surface area contributed by atoms with Crippen molar-refractivity contribution in [2.24, 2.45) is 0 Å². The summed E-state index contributed by atoms with van der Waals surface area (Å²) in [6.45, 7) is 0. The molecule has 9 heterocycles. The lowest BCUT2D eigenvalue weighted by atomic mass is 10.3. The number of nitrogens with zero attached hydrogens (tertiary/aromatic N) is 14. The van der Waals surface area contributed by atoms with Gasteiger partial charge in [-0.15, -0.1) is 30.6 Å². The second-order valence-electron chi connectivity index (χ2n) is 10.7. The fourth-order valence-corrected chi connectivity index (χ4v) is 4.89. The Bertz CT molecular complexity index is 2540. The third-order valence-corrected chi connectivity index (χ3v) is 7.30. The van der Waals surface area contributed by atoms with E-state index in [0.29, 0.717) is 45.8 Å². The Labute approximate surface area is 305 Å². The molecule has 0 aliphatic carbocycles. The molecule has 0 saturated carbocycles. The summed E-state index contributed by atoms with van der Waals surface area (Å²) in [5.74, 6) is 1.66. The summed E-state index contributed by atoms with van der Waals surface area (Å²) >= 11 is 0. The van der Waals surface area contributed by atoms with E-state index in [1.165, 1.54) is 24.5 Å². The second-order valence-corrected chi connectivity index (χ2v) is 10.7. The molecule has 270 valence electrons. The molecule has 0 atom stereocenters. The third kappa shape index (κ3) is 7.78.